The van der Waals surface area contributed by atoms with E-state index in [0.717, 1.165) is 166 Å². The first kappa shape index (κ1) is 79.3. The zero-order valence-corrected chi connectivity index (χ0v) is 61.1. The monoisotopic (exact) mass is 1420 g/mol. The average molecular weight is 1420 g/mol. The number of pyridine rings is 7. The number of hydrogen-bond donors (Lipinski definition) is 2. The predicted molar refractivity (Wildman–Crippen MR) is 405 cm³/mol. The van der Waals surface area contributed by atoms with Crippen molar-refractivity contribution in [3.63, 3.8) is 0 Å². The van der Waals surface area contributed by atoms with Crippen LogP contribution in [0.15, 0.2) is 116 Å². The summed E-state index contributed by atoms with van der Waals surface area (Å²) >= 11 is 10.0. The van der Waals surface area contributed by atoms with Crippen LogP contribution in [0.4, 0.5) is 52.0 Å². The number of carbonyl (C=O) groups is 3. The lowest BCUT2D eigenvalue weighted by Crippen LogP contribution is -2.34. The van der Waals surface area contributed by atoms with Crippen LogP contribution in [0.25, 0.3) is 0 Å². The van der Waals surface area contributed by atoms with Gasteiger partial charge in [0.2, 0.25) is 5.24 Å². The third kappa shape index (κ3) is 27.5. The molecule has 13 rings (SSSR count). The first-order chi connectivity index (χ1) is 48.6. The van der Waals surface area contributed by atoms with Gasteiger partial charge in [0.05, 0.1) is 21.7 Å². The lowest BCUT2D eigenvalue weighted by Gasteiger charge is -2.32. The van der Waals surface area contributed by atoms with Gasteiger partial charge in [0.15, 0.2) is 0 Å². The van der Waals surface area contributed by atoms with Crippen LogP contribution in [-0.2, 0) is 40.2 Å². The number of nitrogen functional groups attached to an aromatic ring is 1. The van der Waals surface area contributed by atoms with Crippen molar-refractivity contribution in [2.24, 2.45) is 17.6 Å². The Labute approximate surface area is 605 Å². The van der Waals surface area contributed by atoms with Crippen LogP contribution >= 0.6 is 23.2 Å². The molecule has 0 unspecified atom stereocenters. The second-order valence-corrected chi connectivity index (χ2v) is 27.4. The maximum atomic E-state index is 12.7. The molecule has 13 heterocycles. The van der Waals surface area contributed by atoms with Gasteiger partial charge in [-0.05, 0) is 193 Å². The fraction of sp³-hybridized carbons (Fsp3) is 0.493. The van der Waals surface area contributed by atoms with Crippen LogP contribution < -0.4 is 40.9 Å². The third-order valence-electron chi connectivity index (χ3n) is 18.1. The Morgan fingerprint density at radius 2 is 0.851 bits per heavy atom. The average Bonchev–Trinajstić information content (AvgIpc) is 1.73. The van der Waals surface area contributed by atoms with Gasteiger partial charge in [-0.1, -0.05) is 49.7 Å². The minimum atomic E-state index is -0.524. The molecule has 26 heteroatoms. The summed E-state index contributed by atoms with van der Waals surface area (Å²) in [6, 6.07) is 26.3. The van der Waals surface area contributed by atoms with Crippen molar-refractivity contribution in [1.82, 2.24) is 34.9 Å². The zero-order chi connectivity index (χ0) is 72.6. The van der Waals surface area contributed by atoms with Crippen molar-refractivity contribution in [3.05, 3.63) is 175 Å². The van der Waals surface area contributed by atoms with Crippen LogP contribution in [0.2, 0.25) is 5.15 Å². The molecular formula is C75H101Cl2N17O7. The predicted octanol–water partition coefficient (Wildman–Crippen LogP) is 13.5. The number of rotatable bonds is 16. The number of carbonyl (C=O) groups excluding carboxylic acids is 3. The van der Waals surface area contributed by atoms with E-state index in [1.807, 2.05) is 56.6 Å². The van der Waals surface area contributed by atoms with Crippen LogP contribution in [0.1, 0.15) is 145 Å². The quantitative estimate of drug-likeness (QED) is 0.0393. The van der Waals surface area contributed by atoms with Crippen LogP contribution in [0.3, 0.4) is 0 Å². The zero-order valence-electron chi connectivity index (χ0n) is 59.6. The molecule has 4 N–H and O–H groups in total. The molecule has 0 amide bonds. The van der Waals surface area contributed by atoms with Gasteiger partial charge in [0.25, 0.3) is 11.4 Å². The number of aryl methyl sites for hydroxylation is 3. The SMILES string of the molecule is CC(=O)Cc1ccc(N2CCCC2)nc1.CC(=O)Cl.Cc1ccc(CCC(=O)Cc2ccc(N3CCCC3)nc2)c(N2CCC(C)CC2)n1.Cc1ccc(CN)c(N2CCC(C)CC2)n1.Nc1ccc(N2CCCC2)nc1.O=[N+]([O-])c1ccc(Cl)nc1.O=[N+]([O-])c1ccc(N2CCCC2)nc1. The number of anilines is 7. The normalized spacial score (nSPS) is 15.7. The van der Waals surface area contributed by atoms with E-state index in [-0.39, 0.29) is 33.3 Å². The van der Waals surface area contributed by atoms with Crippen molar-refractivity contribution >= 4 is 92.0 Å². The molecule has 7 aromatic rings. The Bertz CT molecular complexity index is 3670. The molecule has 0 atom stereocenters. The van der Waals surface area contributed by atoms with Gasteiger partial charge >= 0.3 is 0 Å². The second-order valence-electron chi connectivity index (χ2n) is 26.5. The fourth-order valence-corrected chi connectivity index (χ4v) is 12.4. The number of ketones is 2. The summed E-state index contributed by atoms with van der Waals surface area (Å²) in [6.07, 6.45) is 25.0. The molecule has 6 fully saturated rings. The first-order valence-electron chi connectivity index (χ1n) is 35.4. The number of hydrogen-bond acceptors (Lipinski definition) is 22. The van der Waals surface area contributed by atoms with E-state index in [1.54, 1.807) is 19.2 Å². The Kier molecular flexibility index (Phi) is 32.7. The molecule has 7 aromatic heterocycles. The highest BCUT2D eigenvalue weighted by molar-refractivity contribution is 6.62. The molecule has 0 bridgehead atoms. The lowest BCUT2D eigenvalue weighted by molar-refractivity contribution is -0.385. The van der Waals surface area contributed by atoms with Crippen molar-refractivity contribution in [2.45, 2.75) is 151 Å². The number of nitrogens with zero attached hydrogens (tertiary/aromatic N) is 15. The molecule has 0 aliphatic carbocycles. The van der Waals surface area contributed by atoms with Gasteiger partial charge < -0.3 is 40.9 Å². The number of piperidine rings is 2. The van der Waals surface area contributed by atoms with E-state index >= 15 is 0 Å². The minimum absolute atomic E-state index is 0.0490. The summed E-state index contributed by atoms with van der Waals surface area (Å²) < 4.78 is 0. The molecule has 24 nitrogen and oxygen atoms in total. The van der Waals surface area contributed by atoms with E-state index in [0.29, 0.717) is 25.8 Å². The molecule has 6 aliphatic heterocycles. The highest BCUT2D eigenvalue weighted by Crippen LogP contribution is 2.29. The van der Waals surface area contributed by atoms with Gasteiger partial charge in [0, 0.05) is 153 Å². The summed E-state index contributed by atoms with van der Waals surface area (Å²) in [6.45, 7) is 25.3. The van der Waals surface area contributed by atoms with Crippen LogP contribution in [0.5, 0.6) is 0 Å². The maximum absolute atomic E-state index is 12.7. The van der Waals surface area contributed by atoms with Gasteiger partial charge in [-0.15, -0.1) is 0 Å². The van der Waals surface area contributed by atoms with E-state index in [2.05, 4.69) is 115 Å². The molecule has 542 valence electrons. The Hall–Kier alpha value is -9.00. The Balaban J connectivity index is 0.000000175. The van der Waals surface area contributed by atoms with E-state index < -0.39 is 9.85 Å². The van der Waals surface area contributed by atoms with Crippen molar-refractivity contribution < 1.29 is 24.2 Å². The molecule has 101 heavy (non-hydrogen) atoms. The van der Waals surface area contributed by atoms with E-state index in [4.69, 9.17) is 28.1 Å². The number of nitrogens with two attached hydrogens (primary N) is 2. The number of Topliss-reactive ketones (excluding diaryl/α,β-unsaturated/α-hetero) is 2. The molecule has 6 aliphatic rings. The molecule has 0 radical (unpaired) electrons. The summed E-state index contributed by atoms with van der Waals surface area (Å²) in [4.78, 5) is 96.4. The fourth-order valence-electron chi connectivity index (χ4n) is 12.3. The topological polar surface area (TPSA) is 299 Å². The lowest BCUT2D eigenvalue weighted by atomic mass is 9.98. The molecular weight excluding hydrogens is 1320 g/mol. The Morgan fingerprint density at radius 3 is 1.20 bits per heavy atom. The number of halogens is 2. The highest BCUT2D eigenvalue weighted by atomic mass is 35.5. The third-order valence-corrected chi connectivity index (χ3v) is 18.3. The highest BCUT2D eigenvalue weighted by Gasteiger charge is 2.23. The maximum Gasteiger partial charge on any atom is 0.287 e. The molecule has 0 saturated carbocycles. The second kappa shape index (κ2) is 41.7. The molecule has 0 aromatic carbocycles. The van der Waals surface area contributed by atoms with E-state index in [9.17, 15) is 34.6 Å². The summed E-state index contributed by atoms with van der Waals surface area (Å²) in [5.41, 5.74) is 18.5. The van der Waals surface area contributed by atoms with Crippen LogP contribution in [-0.4, -0.2) is 140 Å². The molecule has 0 spiro atoms. The smallest absolute Gasteiger partial charge is 0.287 e. The Morgan fingerprint density at radius 1 is 0.485 bits per heavy atom. The van der Waals surface area contributed by atoms with Crippen molar-refractivity contribution in [2.75, 3.05) is 114 Å². The first-order valence-corrected chi connectivity index (χ1v) is 36.1. The van der Waals surface area contributed by atoms with Crippen molar-refractivity contribution in [3.8, 4) is 0 Å². The summed E-state index contributed by atoms with van der Waals surface area (Å²) in [5.74, 6) is 8.27. The van der Waals surface area contributed by atoms with Crippen molar-refractivity contribution in [1.29, 1.82) is 0 Å². The number of nitro groups is 2. The van der Waals surface area contributed by atoms with Gasteiger partial charge in [-0.25, -0.2) is 34.9 Å². The minimum Gasteiger partial charge on any atom is -0.397 e. The summed E-state index contributed by atoms with van der Waals surface area (Å²) in [7, 11) is 0. The standard InChI is InChI=1S/C25H34N4O.C13H21N3.C12H16N2O.C9H11N3O2.C9H13N3.C5H3ClN2O2.C2H3ClO/c1-19-11-15-29(16-12-19)25-22(7-5-20(2)27-25)8-9-23(30)17-21-6-10-24(26-18-21)28-13-3-4-14-28;1-10-5-7-16(8-6-10)13-12(9-14)4-3-11(2)15-13;1-10(15)8-11-4-5-12(13-9-11)14-6-2-3-7-14;13-12(14)8-3-4-9(10-7-8)11-5-1-2-6-11;10-8-3-4-9(11-7-8)12-5-1-2-6-12;6-5-2-1-4(3-7-5)8(9)10;1-2(3)4/h5-7,10,18-19H,3-4,8-9,11-17H2,1-2H3;3-4,10H,5-9,14H2,1-2H3;4-5,9H,2-3,6-8H2,1H3;3-4,7H,1-2,5-6H2;3-4,7H,1-2,5-6,10H2;1-3H;1H3. The number of aromatic nitrogens is 7. The van der Waals surface area contributed by atoms with Gasteiger partial charge in [-0.3, -0.25) is 34.6 Å². The summed E-state index contributed by atoms with van der Waals surface area (Å²) in [5, 5.41) is 20.3. The van der Waals surface area contributed by atoms with E-state index in [1.165, 1.54) is 119 Å². The molecule has 6 saturated heterocycles. The van der Waals surface area contributed by atoms with Gasteiger partial charge in [-0.2, -0.15) is 0 Å². The van der Waals surface area contributed by atoms with Crippen LogP contribution in [0, 0.1) is 45.9 Å². The van der Waals surface area contributed by atoms with Gasteiger partial charge in [0.1, 0.15) is 64.0 Å². The largest absolute Gasteiger partial charge is 0.397 e.